The van der Waals surface area contributed by atoms with Gasteiger partial charge in [0, 0.05) is 6.42 Å². The molecule has 0 aromatic heterocycles. The van der Waals surface area contributed by atoms with Crippen molar-refractivity contribution in [1.29, 1.82) is 0 Å². The average molecular weight is 201 g/mol. The Bertz CT molecular complexity index is 284. The second-order valence-corrected chi connectivity index (χ2v) is 6.20. The van der Waals surface area contributed by atoms with Crippen molar-refractivity contribution in [2.45, 2.75) is 31.9 Å². The molecular weight excluding hydrogens is 184 g/mol. The van der Waals surface area contributed by atoms with Crippen LogP contribution in [-0.2, 0) is 0 Å². The van der Waals surface area contributed by atoms with Gasteiger partial charge in [0.05, 0.1) is 8.80 Å². The molecule has 0 N–H and O–H groups in total. The van der Waals surface area contributed by atoms with Crippen molar-refractivity contribution in [3.63, 3.8) is 0 Å². The van der Waals surface area contributed by atoms with Crippen molar-refractivity contribution in [3.05, 3.63) is 30.3 Å². The molecule has 14 heavy (non-hydrogen) atoms. The molecule has 0 unspecified atom stereocenters. The summed E-state index contributed by atoms with van der Waals surface area (Å²) in [5.41, 5.74) is 0. The normalized spacial score (nSPS) is 10.1. The monoisotopic (exact) mass is 201 g/mol. The Morgan fingerprint density at radius 3 is 2.57 bits per heavy atom. The maximum Gasteiger partial charge on any atom is 0.0824 e. The van der Waals surface area contributed by atoms with E-state index in [4.69, 9.17) is 6.42 Å². The van der Waals surface area contributed by atoms with Gasteiger partial charge in [0.15, 0.2) is 0 Å². The molecule has 73 valence electrons. The smallest absolute Gasteiger partial charge is 0.0824 e. The largest absolute Gasteiger partial charge is 0.120 e. The van der Waals surface area contributed by atoms with Crippen LogP contribution in [0.2, 0.25) is 12.6 Å². The van der Waals surface area contributed by atoms with Gasteiger partial charge in [0.1, 0.15) is 0 Å². The molecule has 0 bridgehead atoms. The summed E-state index contributed by atoms with van der Waals surface area (Å²) in [6.45, 7) is 2.38. The molecule has 1 aromatic rings. The highest BCUT2D eigenvalue weighted by molar-refractivity contribution is 6.71. The third kappa shape index (κ3) is 3.80. The highest BCUT2D eigenvalue weighted by Gasteiger charge is 2.05. The van der Waals surface area contributed by atoms with E-state index >= 15 is 0 Å². The molecule has 0 atom stereocenters. The molecule has 0 aliphatic carbocycles. The second-order valence-electron chi connectivity index (χ2n) is 3.56. The number of terminal acetylenes is 1. The summed E-state index contributed by atoms with van der Waals surface area (Å²) >= 11 is 0. The number of hydrogen-bond acceptors (Lipinski definition) is 0. The number of benzene rings is 1. The van der Waals surface area contributed by atoms with E-state index in [1.54, 1.807) is 5.19 Å². The van der Waals surface area contributed by atoms with Crippen molar-refractivity contribution in [3.8, 4) is 12.3 Å². The van der Waals surface area contributed by atoms with Crippen LogP contribution in [0.15, 0.2) is 30.3 Å². The van der Waals surface area contributed by atoms with Crippen LogP contribution < -0.4 is 5.19 Å². The minimum absolute atomic E-state index is 0.316. The van der Waals surface area contributed by atoms with E-state index in [1.807, 2.05) is 0 Å². The predicted molar refractivity (Wildman–Crippen MR) is 65.2 cm³/mol. The fraction of sp³-hybridized carbons (Fsp3) is 0.385. The first-order valence-electron chi connectivity index (χ1n) is 5.16. The van der Waals surface area contributed by atoms with Crippen molar-refractivity contribution in [1.82, 2.24) is 0 Å². The van der Waals surface area contributed by atoms with Gasteiger partial charge in [0.25, 0.3) is 0 Å². The Morgan fingerprint density at radius 2 is 1.93 bits per heavy atom. The summed E-state index contributed by atoms with van der Waals surface area (Å²) in [7, 11) is -0.316. The molecule has 0 aliphatic heterocycles. The summed E-state index contributed by atoms with van der Waals surface area (Å²) in [6.07, 6.45) is 8.62. The highest BCUT2D eigenvalue weighted by Crippen LogP contribution is 2.04. The van der Waals surface area contributed by atoms with E-state index in [9.17, 15) is 0 Å². The molecule has 0 amide bonds. The van der Waals surface area contributed by atoms with Crippen LogP contribution in [0.1, 0.15) is 19.3 Å². The zero-order valence-electron chi connectivity index (χ0n) is 8.79. The van der Waals surface area contributed by atoms with Gasteiger partial charge in [-0.15, -0.1) is 12.3 Å². The van der Waals surface area contributed by atoms with E-state index in [1.165, 1.54) is 18.9 Å². The fourth-order valence-corrected chi connectivity index (χ4v) is 3.31. The Balaban J connectivity index is 2.29. The van der Waals surface area contributed by atoms with Gasteiger partial charge in [-0.1, -0.05) is 54.5 Å². The Morgan fingerprint density at radius 1 is 1.21 bits per heavy atom. The molecule has 1 rings (SSSR count). The first-order valence-corrected chi connectivity index (χ1v) is 7.36. The minimum atomic E-state index is -0.316. The zero-order valence-corrected chi connectivity index (χ0v) is 9.79. The minimum Gasteiger partial charge on any atom is -0.120 e. The van der Waals surface area contributed by atoms with Crippen LogP contribution in [-0.4, -0.2) is 8.80 Å². The zero-order chi connectivity index (χ0) is 10.2. The summed E-state index contributed by atoms with van der Waals surface area (Å²) in [4.78, 5) is 0. The molecule has 0 heterocycles. The van der Waals surface area contributed by atoms with Gasteiger partial charge < -0.3 is 0 Å². The maximum atomic E-state index is 5.21. The number of rotatable bonds is 5. The molecule has 1 aromatic carbocycles. The van der Waals surface area contributed by atoms with Crippen LogP contribution in [0.5, 0.6) is 0 Å². The van der Waals surface area contributed by atoms with Gasteiger partial charge in [-0.25, -0.2) is 0 Å². The van der Waals surface area contributed by atoms with Crippen molar-refractivity contribution < 1.29 is 0 Å². The number of hydrogen-bond donors (Lipinski definition) is 0. The molecule has 0 nitrogen and oxygen atoms in total. The van der Waals surface area contributed by atoms with Crippen molar-refractivity contribution in [2.75, 3.05) is 0 Å². The van der Waals surface area contributed by atoms with Crippen LogP contribution in [0, 0.1) is 12.3 Å². The molecule has 0 aliphatic rings. The summed E-state index contributed by atoms with van der Waals surface area (Å²) in [5.74, 6) is 2.69. The van der Waals surface area contributed by atoms with Gasteiger partial charge in [0.2, 0.25) is 0 Å². The molecule has 0 fully saturated rings. The topological polar surface area (TPSA) is 0 Å². The van der Waals surface area contributed by atoms with E-state index < -0.39 is 0 Å². The van der Waals surface area contributed by atoms with E-state index in [0.717, 1.165) is 6.42 Å². The molecule has 1 radical (unpaired) electrons. The summed E-state index contributed by atoms with van der Waals surface area (Å²) in [5, 5.41) is 1.54. The predicted octanol–water partition coefficient (Wildman–Crippen LogP) is 2.82. The summed E-state index contributed by atoms with van der Waals surface area (Å²) < 4.78 is 0. The maximum absolute atomic E-state index is 5.21. The highest BCUT2D eigenvalue weighted by atomic mass is 28.3. The van der Waals surface area contributed by atoms with Gasteiger partial charge in [-0.2, -0.15) is 0 Å². The molecule has 1 heteroatoms. The van der Waals surface area contributed by atoms with Crippen LogP contribution in [0.3, 0.4) is 0 Å². The summed E-state index contributed by atoms with van der Waals surface area (Å²) in [6, 6.07) is 12.2. The van der Waals surface area contributed by atoms with Crippen LogP contribution >= 0.6 is 0 Å². The van der Waals surface area contributed by atoms with Crippen LogP contribution in [0.25, 0.3) is 0 Å². The van der Waals surface area contributed by atoms with Crippen LogP contribution in [0.4, 0.5) is 0 Å². The Labute approximate surface area is 89.0 Å². The second kappa shape index (κ2) is 6.45. The lowest BCUT2D eigenvalue weighted by Crippen LogP contribution is -2.25. The van der Waals surface area contributed by atoms with Gasteiger partial charge in [-0.05, 0) is 6.42 Å². The number of unbranched alkanes of at least 4 members (excludes halogenated alkanes) is 2. The average Bonchev–Trinajstić information content (AvgIpc) is 2.25. The fourth-order valence-electron chi connectivity index (χ4n) is 1.48. The third-order valence-electron chi connectivity index (χ3n) is 2.39. The Kier molecular flexibility index (Phi) is 5.10. The lowest BCUT2D eigenvalue weighted by Gasteiger charge is -2.08. The van der Waals surface area contributed by atoms with Gasteiger partial charge in [-0.3, -0.25) is 0 Å². The van der Waals surface area contributed by atoms with Gasteiger partial charge >= 0.3 is 0 Å². The lowest BCUT2D eigenvalue weighted by atomic mass is 10.3. The quantitative estimate of drug-likeness (QED) is 0.390. The molecule has 0 saturated carbocycles. The Hall–Kier alpha value is -1.00. The standard InChI is InChI=1S/C13H17Si/c1-3-4-5-9-12-14(2)13-10-7-6-8-11-13/h1,6-8,10-11H,4-5,9,12H2,2H3. The van der Waals surface area contributed by atoms with E-state index in [2.05, 4.69) is 42.8 Å². The van der Waals surface area contributed by atoms with E-state index in [-0.39, 0.29) is 8.80 Å². The third-order valence-corrected chi connectivity index (χ3v) is 4.81. The first-order chi connectivity index (χ1) is 6.84. The first kappa shape index (κ1) is 11.1. The lowest BCUT2D eigenvalue weighted by molar-refractivity contribution is 0.822. The van der Waals surface area contributed by atoms with Crippen molar-refractivity contribution in [2.24, 2.45) is 0 Å². The molecule has 0 saturated heterocycles. The molecular formula is C13H17Si. The van der Waals surface area contributed by atoms with Crippen molar-refractivity contribution >= 4 is 14.0 Å². The molecule has 0 spiro atoms. The van der Waals surface area contributed by atoms with E-state index in [0.29, 0.717) is 0 Å². The SMILES string of the molecule is C#CCCCC[Si](C)c1ccccc1.